The zero-order valence-corrected chi connectivity index (χ0v) is 12.2. The minimum Gasteiger partial charge on any atom is -0.546 e. The van der Waals surface area contributed by atoms with Gasteiger partial charge in [-0.25, -0.2) is 0 Å². The molecule has 0 aliphatic heterocycles. The normalized spacial score (nSPS) is 10.6. The largest absolute Gasteiger partial charge is 0.546 e. The van der Waals surface area contributed by atoms with Crippen LogP contribution in [-0.2, 0) is 4.79 Å². The van der Waals surface area contributed by atoms with E-state index in [0.717, 1.165) is 5.56 Å². The van der Waals surface area contributed by atoms with Crippen molar-refractivity contribution in [3.8, 4) is 5.75 Å². The highest BCUT2D eigenvalue weighted by atomic mass is 35.5. The molecule has 0 heterocycles. The predicted octanol–water partition coefficient (Wildman–Crippen LogP) is 2.36. The van der Waals surface area contributed by atoms with Crippen LogP contribution in [0.4, 0.5) is 0 Å². The molecule has 0 atom stereocenters. The van der Waals surface area contributed by atoms with E-state index in [2.05, 4.69) is 0 Å². The average molecular weight is 316 g/mol. The number of benzene rings is 2. The Morgan fingerprint density at radius 1 is 1.14 bits per heavy atom. The molecule has 0 aromatic heterocycles. The highest BCUT2D eigenvalue weighted by molar-refractivity contribution is 6.30. The van der Waals surface area contributed by atoms with E-state index in [4.69, 9.17) is 16.3 Å². The molecule has 5 heteroatoms. The molecule has 2 aromatic carbocycles. The number of allylic oxidation sites excluding steroid dienone is 1. The topological polar surface area (TPSA) is 66.4 Å². The molecular weight excluding hydrogens is 304 g/mol. The summed E-state index contributed by atoms with van der Waals surface area (Å²) in [6, 6.07) is 13.4. The van der Waals surface area contributed by atoms with Crippen LogP contribution in [0.15, 0.2) is 54.6 Å². The lowest BCUT2D eigenvalue weighted by Gasteiger charge is -2.07. The number of ketones is 1. The van der Waals surface area contributed by atoms with Gasteiger partial charge in [0.2, 0.25) is 0 Å². The van der Waals surface area contributed by atoms with Crippen molar-refractivity contribution >= 4 is 29.4 Å². The van der Waals surface area contributed by atoms with Gasteiger partial charge in [0.25, 0.3) is 0 Å². The SMILES string of the molecule is O=C([O-])COc1cccc(C(=O)/C=C/c2ccc(Cl)cc2)c1. The molecule has 0 unspecified atom stereocenters. The Balaban J connectivity index is 2.07. The van der Waals surface area contributed by atoms with Crippen molar-refractivity contribution in [2.24, 2.45) is 0 Å². The molecule has 22 heavy (non-hydrogen) atoms. The number of carboxylic acids is 1. The summed E-state index contributed by atoms with van der Waals surface area (Å²) in [7, 11) is 0. The first-order chi connectivity index (χ1) is 10.5. The van der Waals surface area contributed by atoms with Crippen molar-refractivity contribution in [2.75, 3.05) is 6.61 Å². The fourth-order valence-corrected chi connectivity index (χ4v) is 1.85. The van der Waals surface area contributed by atoms with Gasteiger partial charge in [-0.15, -0.1) is 0 Å². The van der Waals surface area contributed by atoms with E-state index in [0.29, 0.717) is 16.3 Å². The monoisotopic (exact) mass is 315 g/mol. The van der Waals surface area contributed by atoms with Crippen molar-refractivity contribution < 1.29 is 19.4 Å². The van der Waals surface area contributed by atoms with Crippen LogP contribution in [0.3, 0.4) is 0 Å². The fourth-order valence-electron chi connectivity index (χ4n) is 1.72. The van der Waals surface area contributed by atoms with E-state index in [1.807, 2.05) is 0 Å². The number of hydrogen-bond donors (Lipinski definition) is 0. The molecule has 2 rings (SSSR count). The van der Waals surface area contributed by atoms with Gasteiger partial charge < -0.3 is 14.6 Å². The molecule has 0 saturated carbocycles. The standard InChI is InChI=1S/C17H13ClO4/c18-14-7-4-12(5-8-14)6-9-16(19)13-2-1-3-15(10-13)22-11-17(20)21/h1-10H,11H2,(H,20,21)/p-1/b9-6+. The summed E-state index contributed by atoms with van der Waals surface area (Å²) in [4.78, 5) is 22.4. The van der Waals surface area contributed by atoms with Gasteiger partial charge in [-0.2, -0.15) is 0 Å². The van der Waals surface area contributed by atoms with Crippen molar-refractivity contribution in [3.05, 3.63) is 70.8 Å². The van der Waals surface area contributed by atoms with Crippen LogP contribution in [0.2, 0.25) is 5.02 Å². The number of rotatable bonds is 6. The summed E-state index contributed by atoms with van der Waals surface area (Å²) in [5.41, 5.74) is 1.25. The molecule has 0 aliphatic carbocycles. The van der Waals surface area contributed by atoms with Crippen LogP contribution >= 0.6 is 11.6 Å². The quantitative estimate of drug-likeness (QED) is 0.606. The third-order valence-corrected chi connectivity index (χ3v) is 3.02. The molecule has 0 amide bonds. The number of carboxylic acid groups (broad SMARTS) is 1. The molecule has 0 fully saturated rings. The lowest BCUT2D eigenvalue weighted by molar-refractivity contribution is -0.307. The van der Waals surface area contributed by atoms with Crippen molar-refractivity contribution in [1.29, 1.82) is 0 Å². The molecule has 0 aliphatic rings. The first kappa shape index (κ1) is 15.8. The molecule has 0 radical (unpaired) electrons. The van der Waals surface area contributed by atoms with Crippen LogP contribution in [0, 0.1) is 0 Å². The average Bonchev–Trinajstić information content (AvgIpc) is 2.52. The van der Waals surface area contributed by atoms with Crippen LogP contribution in [0.25, 0.3) is 6.08 Å². The maximum atomic E-state index is 12.1. The van der Waals surface area contributed by atoms with Crippen LogP contribution < -0.4 is 9.84 Å². The van der Waals surface area contributed by atoms with Gasteiger partial charge in [-0.1, -0.05) is 41.9 Å². The van der Waals surface area contributed by atoms with E-state index < -0.39 is 12.6 Å². The van der Waals surface area contributed by atoms with Gasteiger partial charge in [0.15, 0.2) is 5.78 Å². The lowest BCUT2D eigenvalue weighted by Crippen LogP contribution is -2.28. The van der Waals surface area contributed by atoms with E-state index >= 15 is 0 Å². The van der Waals surface area contributed by atoms with Gasteiger partial charge in [-0.05, 0) is 35.9 Å². The van der Waals surface area contributed by atoms with Crippen LogP contribution in [-0.4, -0.2) is 18.4 Å². The predicted molar refractivity (Wildman–Crippen MR) is 81.8 cm³/mol. The molecule has 0 saturated heterocycles. The first-order valence-corrected chi connectivity index (χ1v) is 6.83. The number of ether oxygens (including phenoxy) is 1. The third-order valence-electron chi connectivity index (χ3n) is 2.77. The molecule has 0 bridgehead atoms. The number of halogens is 1. The van der Waals surface area contributed by atoms with E-state index in [-0.39, 0.29) is 5.78 Å². The number of carbonyl (C=O) groups is 2. The Morgan fingerprint density at radius 2 is 1.86 bits per heavy atom. The lowest BCUT2D eigenvalue weighted by atomic mass is 10.1. The number of hydrogen-bond acceptors (Lipinski definition) is 4. The van der Waals surface area contributed by atoms with Gasteiger partial charge in [0, 0.05) is 10.6 Å². The van der Waals surface area contributed by atoms with E-state index in [9.17, 15) is 14.7 Å². The van der Waals surface area contributed by atoms with Gasteiger partial charge >= 0.3 is 0 Å². The first-order valence-electron chi connectivity index (χ1n) is 6.45. The summed E-state index contributed by atoms with van der Waals surface area (Å²) in [6.45, 7) is -0.557. The van der Waals surface area contributed by atoms with Crippen molar-refractivity contribution in [3.63, 3.8) is 0 Å². The molecule has 0 spiro atoms. The third kappa shape index (κ3) is 4.75. The molecule has 112 valence electrons. The van der Waals surface area contributed by atoms with Crippen LogP contribution in [0.5, 0.6) is 5.75 Å². The van der Waals surface area contributed by atoms with Crippen molar-refractivity contribution in [2.45, 2.75) is 0 Å². The van der Waals surface area contributed by atoms with Crippen LogP contribution in [0.1, 0.15) is 15.9 Å². The zero-order chi connectivity index (χ0) is 15.9. The maximum Gasteiger partial charge on any atom is 0.185 e. The Morgan fingerprint density at radius 3 is 2.55 bits per heavy atom. The molecule has 4 nitrogen and oxygen atoms in total. The fraction of sp³-hybridized carbons (Fsp3) is 0.0588. The van der Waals surface area contributed by atoms with Gasteiger partial charge in [0.1, 0.15) is 12.4 Å². The minimum absolute atomic E-state index is 0.214. The Kier molecular flexibility index (Phi) is 5.33. The maximum absolute atomic E-state index is 12.1. The van der Waals surface area contributed by atoms with Gasteiger partial charge in [-0.3, -0.25) is 4.79 Å². The molecular formula is C17H12ClO4-. The second kappa shape index (κ2) is 7.43. The van der Waals surface area contributed by atoms with Crippen molar-refractivity contribution in [1.82, 2.24) is 0 Å². The minimum atomic E-state index is -1.32. The van der Waals surface area contributed by atoms with E-state index in [1.165, 1.54) is 12.1 Å². The number of carbonyl (C=O) groups excluding carboxylic acids is 2. The number of aliphatic carboxylic acids is 1. The Labute approximate surface area is 132 Å². The Bertz CT molecular complexity index is 705. The summed E-state index contributed by atoms with van der Waals surface area (Å²) in [6.07, 6.45) is 3.11. The highest BCUT2D eigenvalue weighted by Crippen LogP contribution is 2.15. The van der Waals surface area contributed by atoms with E-state index in [1.54, 1.807) is 48.5 Å². The summed E-state index contributed by atoms with van der Waals surface area (Å²) in [5.74, 6) is -1.23. The summed E-state index contributed by atoms with van der Waals surface area (Å²) in [5, 5.41) is 11.0. The zero-order valence-electron chi connectivity index (χ0n) is 11.5. The second-order valence-corrected chi connectivity index (χ2v) is 4.87. The Hall–Kier alpha value is -2.59. The smallest absolute Gasteiger partial charge is 0.185 e. The molecule has 2 aromatic rings. The highest BCUT2D eigenvalue weighted by Gasteiger charge is 2.03. The summed E-state index contributed by atoms with van der Waals surface area (Å²) < 4.78 is 4.98. The second-order valence-electron chi connectivity index (χ2n) is 4.44. The summed E-state index contributed by atoms with van der Waals surface area (Å²) >= 11 is 5.79. The molecule has 0 N–H and O–H groups in total. The van der Waals surface area contributed by atoms with Gasteiger partial charge in [0.05, 0.1) is 5.97 Å².